The van der Waals surface area contributed by atoms with Gasteiger partial charge in [0, 0.05) is 0 Å². The van der Waals surface area contributed by atoms with Gasteiger partial charge in [0.15, 0.2) is 19.7 Å². The van der Waals surface area contributed by atoms with E-state index < -0.39 is 24.4 Å². The van der Waals surface area contributed by atoms with Crippen LogP contribution in [0.25, 0.3) is 0 Å². The molecule has 104 valence electrons. The highest BCUT2D eigenvalue weighted by Crippen LogP contribution is 2.16. The Morgan fingerprint density at radius 3 is 1.88 bits per heavy atom. The second-order valence-electron chi connectivity index (χ2n) is 5.39. The molecule has 1 unspecified atom stereocenters. The van der Waals surface area contributed by atoms with Crippen molar-refractivity contribution >= 4 is 19.7 Å². The van der Waals surface area contributed by atoms with Gasteiger partial charge in [0.1, 0.15) is 0 Å². The maximum atomic E-state index is 11.8. The Bertz CT molecular complexity index is 431. The minimum absolute atomic E-state index is 0.0524. The topological polar surface area (TPSA) is 94.3 Å². The normalized spacial score (nSPS) is 15.8. The molecule has 0 rings (SSSR count). The quantitative estimate of drug-likeness (QED) is 0.753. The zero-order valence-electron chi connectivity index (χ0n) is 10.9. The lowest BCUT2D eigenvalue weighted by atomic mass is 10.2. The van der Waals surface area contributed by atoms with Crippen molar-refractivity contribution in [2.24, 2.45) is 11.7 Å². The van der Waals surface area contributed by atoms with Gasteiger partial charge in [-0.05, 0) is 33.2 Å². The molecule has 0 aromatic carbocycles. The first-order valence-corrected chi connectivity index (χ1v) is 9.01. The SMILES string of the molecule is CC(CN)CS(=O)(=O)CCS(=O)(=O)C(C)(C)C. The summed E-state index contributed by atoms with van der Waals surface area (Å²) in [7, 11) is -6.73. The number of hydrogen-bond donors (Lipinski definition) is 1. The molecular weight excluding hydrogens is 262 g/mol. The van der Waals surface area contributed by atoms with Crippen LogP contribution < -0.4 is 5.73 Å². The predicted octanol–water partition coefficient (Wildman–Crippen LogP) is 0.209. The van der Waals surface area contributed by atoms with Crippen LogP contribution in [0.3, 0.4) is 0 Å². The third-order valence-corrected chi connectivity index (χ3v) is 7.31. The van der Waals surface area contributed by atoms with Crippen molar-refractivity contribution < 1.29 is 16.8 Å². The Balaban J connectivity index is 4.60. The second-order valence-corrected chi connectivity index (χ2v) is 10.5. The van der Waals surface area contributed by atoms with Crippen LogP contribution in [0.5, 0.6) is 0 Å². The summed E-state index contributed by atoms with van der Waals surface area (Å²) < 4.78 is 45.9. The van der Waals surface area contributed by atoms with E-state index in [0.717, 1.165) is 0 Å². The third-order valence-electron chi connectivity index (χ3n) is 2.54. The minimum Gasteiger partial charge on any atom is -0.330 e. The lowest BCUT2D eigenvalue weighted by Gasteiger charge is -2.19. The van der Waals surface area contributed by atoms with E-state index >= 15 is 0 Å². The Morgan fingerprint density at radius 1 is 1.06 bits per heavy atom. The van der Waals surface area contributed by atoms with E-state index in [4.69, 9.17) is 5.73 Å². The smallest absolute Gasteiger partial charge is 0.156 e. The lowest BCUT2D eigenvalue weighted by molar-refractivity contribution is 0.557. The molecule has 0 spiro atoms. The highest BCUT2D eigenvalue weighted by molar-refractivity contribution is 7.95. The first kappa shape index (κ1) is 16.9. The predicted molar refractivity (Wildman–Crippen MR) is 70.4 cm³/mol. The van der Waals surface area contributed by atoms with Gasteiger partial charge >= 0.3 is 0 Å². The molecule has 0 fully saturated rings. The van der Waals surface area contributed by atoms with Crippen molar-refractivity contribution in [1.82, 2.24) is 0 Å². The van der Waals surface area contributed by atoms with Crippen LogP contribution in [0.1, 0.15) is 27.7 Å². The molecule has 0 aliphatic heterocycles. The van der Waals surface area contributed by atoms with Crippen LogP contribution >= 0.6 is 0 Å². The minimum atomic E-state index is -3.38. The van der Waals surface area contributed by atoms with E-state index in [9.17, 15) is 16.8 Å². The molecule has 0 aromatic rings. The lowest BCUT2D eigenvalue weighted by Crippen LogP contribution is -2.34. The first-order chi connectivity index (χ1) is 7.41. The summed E-state index contributed by atoms with van der Waals surface area (Å²) in [6.45, 7) is 6.72. The zero-order chi connectivity index (χ0) is 13.9. The van der Waals surface area contributed by atoms with Crippen molar-refractivity contribution in [2.45, 2.75) is 32.4 Å². The number of rotatable bonds is 6. The maximum absolute atomic E-state index is 11.8. The molecule has 2 N–H and O–H groups in total. The molecule has 0 radical (unpaired) electrons. The first-order valence-electron chi connectivity index (χ1n) is 5.54. The summed E-state index contributed by atoms with van der Waals surface area (Å²) in [6.07, 6.45) is 0. The van der Waals surface area contributed by atoms with Gasteiger partial charge in [-0.3, -0.25) is 0 Å². The molecule has 0 bridgehead atoms. The number of hydrogen-bond acceptors (Lipinski definition) is 5. The Kier molecular flexibility index (Phi) is 5.62. The van der Waals surface area contributed by atoms with Gasteiger partial charge in [-0.1, -0.05) is 6.92 Å². The van der Waals surface area contributed by atoms with Crippen LogP contribution in [-0.2, 0) is 19.7 Å². The average Bonchev–Trinajstić information content (AvgIpc) is 2.12. The molecule has 0 aliphatic rings. The van der Waals surface area contributed by atoms with E-state index in [-0.39, 0.29) is 29.7 Å². The van der Waals surface area contributed by atoms with Gasteiger partial charge in [-0.25, -0.2) is 16.8 Å². The standard InChI is InChI=1S/C10H23NO4S2/c1-9(7-11)8-16(12,13)5-6-17(14,15)10(2,3)4/h9H,5-8,11H2,1-4H3. The van der Waals surface area contributed by atoms with Gasteiger partial charge in [0.2, 0.25) is 0 Å². The molecule has 0 saturated carbocycles. The van der Waals surface area contributed by atoms with Crippen molar-refractivity contribution in [1.29, 1.82) is 0 Å². The van der Waals surface area contributed by atoms with E-state index in [0.29, 0.717) is 0 Å². The molecule has 0 aliphatic carbocycles. The van der Waals surface area contributed by atoms with E-state index in [1.807, 2.05) is 0 Å². The molecule has 0 amide bonds. The Hall–Kier alpha value is -0.140. The summed E-state index contributed by atoms with van der Waals surface area (Å²) in [6, 6.07) is 0. The average molecular weight is 285 g/mol. The highest BCUT2D eigenvalue weighted by atomic mass is 32.2. The molecule has 0 aromatic heterocycles. The largest absolute Gasteiger partial charge is 0.330 e. The Labute approximate surface area is 105 Å². The monoisotopic (exact) mass is 285 g/mol. The Morgan fingerprint density at radius 2 is 1.53 bits per heavy atom. The maximum Gasteiger partial charge on any atom is 0.156 e. The summed E-state index contributed by atoms with van der Waals surface area (Å²) in [5.74, 6) is -0.840. The van der Waals surface area contributed by atoms with Crippen molar-refractivity contribution in [3.63, 3.8) is 0 Å². The molecule has 1 atom stereocenters. The van der Waals surface area contributed by atoms with Gasteiger partial charge in [-0.15, -0.1) is 0 Å². The highest BCUT2D eigenvalue weighted by Gasteiger charge is 2.30. The molecule has 0 heterocycles. The molecule has 17 heavy (non-hydrogen) atoms. The van der Waals surface area contributed by atoms with Gasteiger partial charge < -0.3 is 5.73 Å². The van der Waals surface area contributed by atoms with E-state index in [2.05, 4.69) is 0 Å². The molecule has 5 nitrogen and oxygen atoms in total. The van der Waals surface area contributed by atoms with Crippen LogP contribution in [0.2, 0.25) is 0 Å². The second kappa shape index (κ2) is 5.67. The fourth-order valence-electron chi connectivity index (χ4n) is 1.13. The van der Waals surface area contributed by atoms with Crippen molar-refractivity contribution in [3.8, 4) is 0 Å². The number of sulfone groups is 2. The molecule has 7 heteroatoms. The summed E-state index contributed by atoms with van der Waals surface area (Å²) in [5, 5.41) is 0. The van der Waals surface area contributed by atoms with Gasteiger partial charge in [-0.2, -0.15) is 0 Å². The van der Waals surface area contributed by atoms with Gasteiger partial charge in [0.05, 0.1) is 22.0 Å². The summed E-state index contributed by atoms with van der Waals surface area (Å²) in [5.41, 5.74) is 5.35. The summed E-state index contributed by atoms with van der Waals surface area (Å²) in [4.78, 5) is 0. The van der Waals surface area contributed by atoms with E-state index in [1.165, 1.54) is 0 Å². The fourth-order valence-corrected chi connectivity index (χ4v) is 4.80. The van der Waals surface area contributed by atoms with Crippen molar-refractivity contribution in [2.75, 3.05) is 23.8 Å². The fraction of sp³-hybridized carbons (Fsp3) is 1.00. The van der Waals surface area contributed by atoms with Crippen LogP contribution in [0, 0.1) is 5.92 Å². The zero-order valence-corrected chi connectivity index (χ0v) is 12.6. The van der Waals surface area contributed by atoms with Crippen LogP contribution in [0.4, 0.5) is 0 Å². The van der Waals surface area contributed by atoms with Gasteiger partial charge in [0.25, 0.3) is 0 Å². The van der Waals surface area contributed by atoms with E-state index in [1.54, 1.807) is 27.7 Å². The van der Waals surface area contributed by atoms with Crippen LogP contribution in [0.15, 0.2) is 0 Å². The molecule has 0 saturated heterocycles. The van der Waals surface area contributed by atoms with Crippen LogP contribution in [-0.4, -0.2) is 45.4 Å². The number of nitrogens with two attached hydrogens (primary N) is 1. The molecular formula is C10H23NO4S2. The summed E-state index contributed by atoms with van der Waals surface area (Å²) >= 11 is 0. The third kappa shape index (κ3) is 5.83. The van der Waals surface area contributed by atoms with Crippen molar-refractivity contribution in [3.05, 3.63) is 0 Å².